The van der Waals surface area contributed by atoms with E-state index in [1.54, 1.807) is 35.2 Å². The van der Waals surface area contributed by atoms with E-state index in [1.165, 1.54) is 4.90 Å². The summed E-state index contributed by atoms with van der Waals surface area (Å²) in [6.07, 6.45) is 5.21. The lowest BCUT2D eigenvalue weighted by Crippen LogP contribution is -2.65. The molecule has 3 aliphatic rings. The fourth-order valence-electron chi connectivity index (χ4n) is 4.62. The largest absolute Gasteiger partial charge is 0.465 e. The first-order valence-electron chi connectivity index (χ1n) is 10.6. The number of nitriles is 1. The van der Waals surface area contributed by atoms with E-state index in [4.69, 9.17) is 9.84 Å². The van der Waals surface area contributed by atoms with Crippen molar-refractivity contribution in [3.8, 4) is 6.07 Å². The summed E-state index contributed by atoms with van der Waals surface area (Å²) in [5.41, 5.74) is 0.125. The maximum absolute atomic E-state index is 12.6. The van der Waals surface area contributed by atoms with Crippen LogP contribution in [0.25, 0.3) is 0 Å². The second-order valence-corrected chi connectivity index (χ2v) is 8.62. The van der Waals surface area contributed by atoms with Crippen molar-refractivity contribution in [1.29, 1.82) is 5.26 Å². The van der Waals surface area contributed by atoms with Gasteiger partial charge in [0, 0.05) is 26.3 Å². The zero-order valence-electron chi connectivity index (χ0n) is 18.0. The van der Waals surface area contributed by atoms with Gasteiger partial charge in [0.25, 0.3) is 0 Å². The number of ether oxygens (including phenoxy) is 1. The third-order valence-corrected chi connectivity index (χ3v) is 6.22. The van der Waals surface area contributed by atoms with Crippen LogP contribution in [0.5, 0.6) is 0 Å². The number of aromatic nitrogens is 4. The van der Waals surface area contributed by atoms with Gasteiger partial charge in [-0.25, -0.2) is 19.6 Å². The topological polar surface area (TPSA) is 153 Å². The highest BCUT2D eigenvalue weighted by atomic mass is 16.6. The number of carboxylic acid groups (broad SMARTS) is 1. The van der Waals surface area contributed by atoms with Crippen LogP contribution in [0.3, 0.4) is 0 Å². The number of carbonyl (C=O) groups excluding carboxylic acids is 1. The predicted molar refractivity (Wildman–Crippen MR) is 114 cm³/mol. The second-order valence-electron chi connectivity index (χ2n) is 8.62. The van der Waals surface area contributed by atoms with Crippen LogP contribution in [0.2, 0.25) is 0 Å². The SMILES string of the molecule is Cn1cc(Nc2nc(N3CCCC(N4CC5(CN(C(=O)O)C5)OC4=O)C3)cnc2C#N)cn1. The molecule has 2 aromatic heterocycles. The molecule has 2 amide bonds. The minimum atomic E-state index is -1.01. The molecule has 0 saturated carbocycles. The molecule has 172 valence electrons. The molecule has 0 aromatic carbocycles. The quantitative estimate of drug-likeness (QED) is 0.685. The Bertz CT molecular complexity index is 1140. The Morgan fingerprint density at radius 2 is 2.18 bits per heavy atom. The summed E-state index contributed by atoms with van der Waals surface area (Å²) in [5.74, 6) is 0.945. The van der Waals surface area contributed by atoms with Crippen LogP contribution >= 0.6 is 0 Å². The Morgan fingerprint density at radius 3 is 2.88 bits per heavy atom. The number of piperidine rings is 1. The van der Waals surface area contributed by atoms with Gasteiger partial charge in [-0.2, -0.15) is 10.4 Å². The Kier molecular flexibility index (Phi) is 4.92. The molecule has 13 heteroatoms. The summed E-state index contributed by atoms with van der Waals surface area (Å²) in [6, 6.07) is 1.96. The van der Waals surface area contributed by atoms with E-state index in [0.29, 0.717) is 30.4 Å². The number of likely N-dealkylation sites (tertiary alicyclic amines) is 1. The van der Waals surface area contributed by atoms with E-state index in [1.807, 2.05) is 11.0 Å². The minimum Gasteiger partial charge on any atom is -0.465 e. The van der Waals surface area contributed by atoms with Crippen LogP contribution in [-0.4, -0.2) is 91.2 Å². The zero-order chi connectivity index (χ0) is 23.2. The van der Waals surface area contributed by atoms with Gasteiger partial charge in [0.1, 0.15) is 11.9 Å². The molecule has 2 aromatic rings. The first kappa shape index (κ1) is 20.8. The molecule has 1 spiro atoms. The third kappa shape index (κ3) is 3.84. The lowest BCUT2D eigenvalue weighted by Gasteiger charge is -2.44. The van der Waals surface area contributed by atoms with Crippen LogP contribution in [0.4, 0.5) is 26.9 Å². The van der Waals surface area contributed by atoms with Crippen molar-refractivity contribution in [3.63, 3.8) is 0 Å². The van der Waals surface area contributed by atoms with Gasteiger partial charge >= 0.3 is 12.2 Å². The van der Waals surface area contributed by atoms with Crippen molar-refractivity contribution >= 4 is 29.5 Å². The standard InChI is InChI=1S/C20H23N9O4/c1-26-8-13(6-23-26)24-17-15(5-21)22-7-16(25-17)27-4-2-3-14(9-27)29-12-20(33-19(29)32)10-28(11-20)18(30)31/h6-8,14H,2-4,9-12H2,1H3,(H,24,25)(H,30,31). The maximum atomic E-state index is 12.6. The summed E-state index contributed by atoms with van der Waals surface area (Å²) >= 11 is 0. The zero-order valence-corrected chi connectivity index (χ0v) is 18.0. The monoisotopic (exact) mass is 453 g/mol. The molecule has 3 saturated heterocycles. The summed E-state index contributed by atoms with van der Waals surface area (Å²) in [7, 11) is 1.79. The van der Waals surface area contributed by atoms with Crippen molar-refractivity contribution in [2.75, 3.05) is 42.9 Å². The lowest BCUT2D eigenvalue weighted by molar-refractivity contribution is -0.0611. The molecule has 3 aliphatic heterocycles. The van der Waals surface area contributed by atoms with Crippen LogP contribution in [0.15, 0.2) is 18.6 Å². The van der Waals surface area contributed by atoms with Crippen LogP contribution in [0, 0.1) is 11.3 Å². The fourth-order valence-corrected chi connectivity index (χ4v) is 4.62. The molecule has 0 aliphatic carbocycles. The van der Waals surface area contributed by atoms with Crippen LogP contribution < -0.4 is 10.2 Å². The highest BCUT2D eigenvalue weighted by Crippen LogP contribution is 2.35. The van der Waals surface area contributed by atoms with Crippen LogP contribution in [-0.2, 0) is 11.8 Å². The summed E-state index contributed by atoms with van der Waals surface area (Å²) < 4.78 is 7.21. The summed E-state index contributed by atoms with van der Waals surface area (Å²) in [5, 5.41) is 25.7. The summed E-state index contributed by atoms with van der Waals surface area (Å²) in [4.78, 5) is 37.6. The average molecular weight is 453 g/mol. The van der Waals surface area contributed by atoms with Gasteiger partial charge < -0.3 is 25.0 Å². The Hall–Kier alpha value is -4.08. The van der Waals surface area contributed by atoms with Crippen molar-refractivity contribution in [1.82, 2.24) is 29.5 Å². The second kappa shape index (κ2) is 7.80. The molecule has 5 heterocycles. The van der Waals surface area contributed by atoms with Gasteiger partial charge in [-0.1, -0.05) is 0 Å². The van der Waals surface area contributed by atoms with E-state index in [9.17, 15) is 14.9 Å². The number of nitrogens with one attached hydrogen (secondary N) is 1. The van der Waals surface area contributed by atoms with E-state index in [-0.39, 0.29) is 24.8 Å². The molecular weight excluding hydrogens is 430 g/mol. The number of aryl methyl sites for hydroxylation is 1. The molecule has 1 unspecified atom stereocenters. The molecule has 0 radical (unpaired) electrons. The molecule has 1 atom stereocenters. The normalized spacial score (nSPS) is 21.5. The lowest BCUT2D eigenvalue weighted by atomic mass is 9.93. The number of rotatable bonds is 4. The number of amides is 2. The highest BCUT2D eigenvalue weighted by molar-refractivity contribution is 5.73. The van der Waals surface area contributed by atoms with E-state index >= 15 is 0 Å². The van der Waals surface area contributed by atoms with Gasteiger partial charge in [0.2, 0.25) is 0 Å². The smallest absolute Gasteiger partial charge is 0.410 e. The van der Waals surface area contributed by atoms with Crippen molar-refractivity contribution < 1.29 is 19.4 Å². The van der Waals surface area contributed by atoms with Gasteiger partial charge in [-0.15, -0.1) is 0 Å². The van der Waals surface area contributed by atoms with Gasteiger partial charge in [0.15, 0.2) is 17.1 Å². The number of anilines is 3. The average Bonchev–Trinajstić information content (AvgIpc) is 3.35. The number of carbonyl (C=O) groups is 2. The van der Waals surface area contributed by atoms with Gasteiger partial charge in [-0.05, 0) is 12.8 Å². The number of hydrogen-bond donors (Lipinski definition) is 2. The maximum Gasteiger partial charge on any atom is 0.410 e. The molecule has 5 rings (SSSR count). The molecule has 13 nitrogen and oxygen atoms in total. The van der Waals surface area contributed by atoms with Crippen molar-refractivity contribution in [2.45, 2.75) is 24.5 Å². The van der Waals surface area contributed by atoms with Crippen molar-refractivity contribution in [2.24, 2.45) is 7.05 Å². The first-order chi connectivity index (χ1) is 15.9. The van der Waals surface area contributed by atoms with Gasteiger partial charge in [0.05, 0.1) is 43.8 Å². The minimum absolute atomic E-state index is 0.0864. The predicted octanol–water partition coefficient (Wildman–Crippen LogP) is 0.979. The molecule has 2 N–H and O–H groups in total. The number of nitrogens with zero attached hydrogens (tertiary/aromatic N) is 8. The van der Waals surface area contributed by atoms with E-state index < -0.39 is 17.8 Å². The van der Waals surface area contributed by atoms with E-state index in [0.717, 1.165) is 19.4 Å². The number of hydrogen-bond acceptors (Lipinski definition) is 9. The summed E-state index contributed by atoms with van der Waals surface area (Å²) in [6.45, 7) is 2.06. The van der Waals surface area contributed by atoms with Crippen molar-refractivity contribution in [3.05, 3.63) is 24.3 Å². The molecular formula is C20H23N9O4. The van der Waals surface area contributed by atoms with Gasteiger partial charge in [-0.3, -0.25) is 9.58 Å². The Balaban J connectivity index is 1.30. The highest BCUT2D eigenvalue weighted by Gasteiger charge is 2.56. The first-order valence-corrected chi connectivity index (χ1v) is 10.6. The fraction of sp³-hybridized carbons (Fsp3) is 0.500. The Morgan fingerprint density at radius 1 is 1.36 bits per heavy atom. The van der Waals surface area contributed by atoms with Crippen LogP contribution in [0.1, 0.15) is 18.5 Å². The third-order valence-electron chi connectivity index (χ3n) is 6.22. The molecule has 0 bridgehead atoms. The molecule has 3 fully saturated rings. The Labute approximate surface area is 189 Å². The molecule has 33 heavy (non-hydrogen) atoms. The van der Waals surface area contributed by atoms with E-state index in [2.05, 4.69) is 20.4 Å².